The number of aliphatic imine (C=N–C) groups is 1. The first-order chi connectivity index (χ1) is 18.6. The topological polar surface area (TPSA) is 15.6 Å². The Kier molecular flexibility index (Phi) is 15.6. The van der Waals surface area contributed by atoms with E-state index in [1.807, 2.05) is 26.1 Å². The molecule has 0 bridgehead atoms. The third-order valence-electron chi connectivity index (χ3n) is 6.26. The highest BCUT2D eigenvalue weighted by atomic mass is 32.2. The van der Waals surface area contributed by atoms with Crippen molar-refractivity contribution in [1.82, 2.24) is 4.90 Å². The Morgan fingerprint density at radius 1 is 0.974 bits per heavy atom. The maximum Gasteiger partial charge on any atom is 0.0580 e. The van der Waals surface area contributed by atoms with E-state index < -0.39 is 0 Å². The second-order valence-corrected chi connectivity index (χ2v) is 10.5. The summed E-state index contributed by atoms with van der Waals surface area (Å²) in [6.45, 7) is 25.1. The zero-order chi connectivity index (χ0) is 29.4. The van der Waals surface area contributed by atoms with E-state index in [2.05, 4.69) is 131 Å². The van der Waals surface area contributed by atoms with Gasteiger partial charge in [0.2, 0.25) is 0 Å². The monoisotopic (exact) mass is 540 g/mol. The van der Waals surface area contributed by atoms with Crippen molar-refractivity contribution in [3.8, 4) is 0 Å². The first-order valence-electron chi connectivity index (χ1n) is 13.6. The van der Waals surface area contributed by atoms with Crippen LogP contribution < -0.4 is 0 Å². The molecule has 0 unspecified atom stereocenters. The molecule has 0 amide bonds. The molecule has 0 radical (unpaired) electrons. The second kappa shape index (κ2) is 18.1. The van der Waals surface area contributed by atoms with Gasteiger partial charge in [-0.2, -0.15) is 0 Å². The normalized spacial score (nSPS) is 12.7. The van der Waals surface area contributed by atoms with Crippen LogP contribution in [0.25, 0.3) is 11.1 Å². The van der Waals surface area contributed by atoms with Crippen LogP contribution in [0.3, 0.4) is 0 Å². The third-order valence-corrected chi connectivity index (χ3v) is 7.17. The summed E-state index contributed by atoms with van der Waals surface area (Å²) in [5, 5.41) is 0. The predicted octanol–water partition coefficient (Wildman–Crippen LogP) is 10.2. The minimum atomic E-state index is 0.838. The summed E-state index contributed by atoms with van der Waals surface area (Å²) >= 11 is 1.72. The maximum absolute atomic E-state index is 4.26. The molecule has 2 aromatic rings. The molecule has 0 atom stereocenters. The Balaban J connectivity index is 0.000000374. The molecule has 1 aliphatic rings. The Labute approximate surface area is 243 Å². The molecular weight excluding hydrogens is 492 g/mol. The van der Waals surface area contributed by atoms with Gasteiger partial charge in [0, 0.05) is 29.6 Å². The van der Waals surface area contributed by atoms with Crippen LogP contribution in [-0.2, 0) is 12.8 Å². The Morgan fingerprint density at radius 3 is 2.08 bits per heavy atom. The van der Waals surface area contributed by atoms with Crippen LogP contribution in [0, 0.1) is 0 Å². The smallest absolute Gasteiger partial charge is 0.0580 e. The van der Waals surface area contributed by atoms with Gasteiger partial charge in [0.25, 0.3) is 0 Å². The zero-order valence-corrected chi connectivity index (χ0v) is 26.3. The Hall–Kier alpha value is -3.30. The molecule has 0 aliphatic carbocycles. The first kappa shape index (κ1) is 33.7. The van der Waals surface area contributed by atoms with Crippen molar-refractivity contribution in [3.63, 3.8) is 0 Å². The van der Waals surface area contributed by atoms with Gasteiger partial charge in [-0.05, 0) is 86.3 Å². The van der Waals surface area contributed by atoms with Gasteiger partial charge in [-0.1, -0.05) is 93.3 Å². The molecule has 0 saturated heterocycles. The van der Waals surface area contributed by atoms with E-state index >= 15 is 0 Å². The molecule has 2 nitrogen and oxygen atoms in total. The minimum Gasteiger partial charge on any atom is -0.351 e. The lowest BCUT2D eigenvalue weighted by molar-refractivity contribution is 0.521. The zero-order valence-electron chi connectivity index (χ0n) is 25.5. The van der Waals surface area contributed by atoms with E-state index in [1.54, 1.807) is 11.8 Å². The first-order valence-corrected chi connectivity index (χ1v) is 14.8. The molecule has 2 aromatic carbocycles. The standard InChI is InChI=1S/C20H27NS.C12H13N.C4H8/c1-8-18-12-10-11-13-19(18)15(3)14-16(4)21(6)17(5)20(9-2)22-7;1-2-10-3-5-11(6-4-10)12-7-8-13-9-12;1-4(2)3/h9-14H,2-3,8H2,1,4-7H3;3-7,9H,2,8H2,1H3;1H2,2-3H3/b16-14-,20-17+;;. The van der Waals surface area contributed by atoms with Crippen LogP contribution >= 0.6 is 11.8 Å². The number of nitrogens with zero attached hydrogens (tertiary/aromatic N) is 2. The summed E-state index contributed by atoms with van der Waals surface area (Å²) in [6.07, 6.45) is 12.4. The highest BCUT2D eigenvalue weighted by molar-refractivity contribution is 8.02. The third kappa shape index (κ3) is 11.5. The van der Waals surface area contributed by atoms with Gasteiger partial charge in [0.15, 0.2) is 0 Å². The molecule has 39 heavy (non-hydrogen) atoms. The molecule has 1 aliphatic heterocycles. The molecule has 0 aromatic heterocycles. The molecular formula is C36H48N2S. The molecule has 3 rings (SSSR count). The predicted molar refractivity (Wildman–Crippen MR) is 180 cm³/mol. The van der Waals surface area contributed by atoms with Gasteiger partial charge in [0.05, 0.1) is 6.54 Å². The van der Waals surface area contributed by atoms with Crippen LogP contribution in [0.5, 0.6) is 0 Å². The van der Waals surface area contributed by atoms with E-state index in [0.29, 0.717) is 0 Å². The lowest BCUT2D eigenvalue weighted by atomic mass is 9.98. The summed E-state index contributed by atoms with van der Waals surface area (Å²) in [6, 6.07) is 17.2. The molecule has 1 heterocycles. The highest BCUT2D eigenvalue weighted by Crippen LogP contribution is 2.25. The number of hydrogen-bond acceptors (Lipinski definition) is 3. The summed E-state index contributed by atoms with van der Waals surface area (Å²) in [5.41, 5.74) is 11.1. The van der Waals surface area contributed by atoms with Gasteiger partial charge in [-0.15, -0.1) is 18.3 Å². The summed E-state index contributed by atoms with van der Waals surface area (Å²) in [5.74, 6) is 0. The van der Waals surface area contributed by atoms with Crippen LogP contribution in [0.4, 0.5) is 0 Å². The fraction of sp³-hybridized carbons (Fsp3) is 0.306. The average molecular weight is 541 g/mol. The lowest BCUT2D eigenvalue weighted by Crippen LogP contribution is -2.14. The Bertz CT molecular complexity index is 1220. The van der Waals surface area contributed by atoms with E-state index in [-0.39, 0.29) is 0 Å². The van der Waals surface area contributed by atoms with Crippen LogP contribution in [-0.4, -0.2) is 31.0 Å². The SMILES string of the molecule is C=C(C)C.C=C/C(SC)=C(/C)N(C)/C(C)=C\C(=C)c1ccccc1CC.CCc1ccc(C2=CCN=C2)cc1. The van der Waals surface area contributed by atoms with Crippen LogP contribution in [0.1, 0.15) is 63.8 Å². The van der Waals surface area contributed by atoms with Crippen LogP contribution in [0.15, 0.2) is 113 Å². The number of benzene rings is 2. The molecule has 0 spiro atoms. The average Bonchev–Trinajstić information content (AvgIpc) is 3.48. The molecule has 0 saturated carbocycles. The van der Waals surface area contributed by atoms with Gasteiger partial charge < -0.3 is 4.90 Å². The van der Waals surface area contributed by atoms with Gasteiger partial charge in [-0.25, -0.2) is 0 Å². The van der Waals surface area contributed by atoms with Crippen molar-refractivity contribution in [1.29, 1.82) is 0 Å². The highest BCUT2D eigenvalue weighted by Gasteiger charge is 2.08. The fourth-order valence-corrected chi connectivity index (χ4v) is 4.46. The van der Waals surface area contributed by atoms with Crippen molar-refractivity contribution in [2.24, 2.45) is 4.99 Å². The van der Waals surface area contributed by atoms with Gasteiger partial charge in [0.1, 0.15) is 0 Å². The van der Waals surface area contributed by atoms with Crippen molar-refractivity contribution < 1.29 is 0 Å². The minimum absolute atomic E-state index is 0.838. The number of aryl methyl sites for hydroxylation is 2. The van der Waals surface area contributed by atoms with E-state index in [1.165, 1.54) is 49.7 Å². The second-order valence-electron chi connectivity index (χ2n) is 9.65. The fourth-order valence-electron chi connectivity index (χ4n) is 3.86. The van der Waals surface area contributed by atoms with E-state index in [4.69, 9.17) is 0 Å². The van der Waals surface area contributed by atoms with Gasteiger partial charge in [-0.3, -0.25) is 4.99 Å². The van der Waals surface area contributed by atoms with Crippen molar-refractivity contribution in [2.75, 3.05) is 19.8 Å². The number of rotatable bonds is 9. The van der Waals surface area contributed by atoms with Crippen molar-refractivity contribution in [3.05, 3.63) is 131 Å². The molecule has 0 N–H and O–H groups in total. The quantitative estimate of drug-likeness (QED) is 0.232. The van der Waals surface area contributed by atoms with Gasteiger partial charge >= 0.3 is 0 Å². The Morgan fingerprint density at radius 2 is 1.59 bits per heavy atom. The number of thioether (sulfide) groups is 1. The molecule has 0 fully saturated rings. The molecule has 208 valence electrons. The number of allylic oxidation sites excluding steroid dienone is 7. The van der Waals surface area contributed by atoms with Crippen molar-refractivity contribution in [2.45, 2.75) is 54.4 Å². The van der Waals surface area contributed by atoms with Crippen molar-refractivity contribution >= 4 is 29.1 Å². The maximum atomic E-state index is 4.26. The summed E-state index contributed by atoms with van der Waals surface area (Å²) in [7, 11) is 2.08. The van der Waals surface area contributed by atoms with E-state index in [9.17, 15) is 0 Å². The van der Waals surface area contributed by atoms with Crippen LogP contribution in [0.2, 0.25) is 0 Å². The summed E-state index contributed by atoms with van der Waals surface area (Å²) in [4.78, 5) is 7.54. The van der Waals surface area contributed by atoms with E-state index in [0.717, 1.165) is 25.0 Å². The number of hydrogen-bond donors (Lipinski definition) is 0. The largest absolute Gasteiger partial charge is 0.351 e. The molecule has 3 heteroatoms. The lowest BCUT2D eigenvalue weighted by Gasteiger charge is -2.23. The summed E-state index contributed by atoms with van der Waals surface area (Å²) < 4.78 is 0.